The van der Waals surface area contributed by atoms with Crippen molar-refractivity contribution in [2.45, 2.75) is 12.8 Å². The minimum absolute atomic E-state index is 0.633. The van der Waals surface area contributed by atoms with Crippen LogP contribution in [0.25, 0.3) is 12.2 Å². The minimum atomic E-state index is 0.633. The van der Waals surface area contributed by atoms with Gasteiger partial charge in [-0.3, -0.25) is 0 Å². The molecule has 0 saturated carbocycles. The quantitative estimate of drug-likeness (QED) is 0.197. The van der Waals surface area contributed by atoms with Crippen molar-refractivity contribution in [3.63, 3.8) is 0 Å². The third-order valence-corrected chi connectivity index (χ3v) is 8.38. The summed E-state index contributed by atoms with van der Waals surface area (Å²) in [5.41, 5.74) is 12.4. The Kier molecular flexibility index (Phi) is 7.85. The van der Waals surface area contributed by atoms with Crippen molar-refractivity contribution in [1.82, 2.24) is 0 Å². The van der Waals surface area contributed by atoms with Crippen molar-refractivity contribution < 1.29 is 0 Å². The Morgan fingerprint density at radius 1 is 0.500 bits per heavy atom. The summed E-state index contributed by atoms with van der Waals surface area (Å²) in [7, 11) is 0. The maximum absolute atomic E-state index is 9.45. The number of hydrogen-bond donors (Lipinski definition) is 0. The highest BCUT2D eigenvalue weighted by Crippen LogP contribution is 2.43. The topological polar surface area (TPSA) is 54.1 Å². The molecule has 2 bridgehead atoms. The zero-order valence-electron chi connectivity index (χ0n) is 25.2. The molecule has 218 valence electrons. The van der Waals surface area contributed by atoms with Crippen molar-refractivity contribution >= 4 is 40.6 Å². The molecule has 4 heteroatoms. The number of nitrogens with zero attached hydrogens (tertiary/aromatic N) is 4. The number of nitriles is 2. The van der Waals surface area contributed by atoms with E-state index in [1.807, 2.05) is 60.7 Å². The van der Waals surface area contributed by atoms with E-state index in [-0.39, 0.29) is 0 Å². The number of benzene rings is 5. The van der Waals surface area contributed by atoms with Crippen LogP contribution in [-0.4, -0.2) is 0 Å². The Hall–Kier alpha value is -6.36. The highest BCUT2D eigenvalue weighted by Gasteiger charge is 2.24. The molecule has 0 fully saturated rings. The van der Waals surface area contributed by atoms with Crippen LogP contribution in [0.5, 0.6) is 0 Å². The fraction of sp³-hybridized carbons (Fsp3) is 0.0476. The van der Waals surface area contributed by atoms with Crippen LogP contribution in [0.15, 0.2) is 157 Å². The lowest BCUT2D eigenvalue weighted by Crippen LogP contribution is -2.19. The molecule has 46 heavy (non-hydrogen) atoms. The first-order valence-electron chi connectivity index (χ1n) is 15.3. The molecule has 5 aromatic carbocycles. The predicted molar refractivity (Wildman–Crippen MR) is 188 cm³/mol. The van der Waals surface area contributed by atoms with E-state index >= 15 is 0 Å². The summed E-state index contributed by atoms with van der Waals surface area (Å²) < 4.78 is 0. The first-order chi connectivity index (χ1) is 22.7. The summed E-state index contributed by atoms with van der Waals surface area (Å²) in [4.78, 5) is 4.56. The van der Waals surface area contributed by atoms with E-state index in [9.17, 15) is 10.5 Å². The summed E-state index contributed by atoms with van der Waals surface area (Å²) in [6.07, 6.45) is 14.9. The molecule has 0 amide bonds. The second-order valence-corrected chi connectivity index (χ2v) is 11.2. The van der Waals surface area contributed by atoms with E-state index in [1.165, 1.54) is 22.3 Å². The SMILES string of the molecule is N#Cc1ccc(N(C2=C3\C=Cc4ccc(N(c5ccccc5)c5ccc(C#N)cc5)c(c4C3)/C=C\C/C=C\2)c2ccccc2)cc1. The van der Waals surface area contributed by atoms with E-state index in [0.717, 1.165) is 47.0 Å². The number of anilines is 5. The molecule has 0 heterocycles. The molecule has 2 aliphatic rings. The minimum Gasteiger partial charge on any atom is -0.310 e. The van der Waals surface area contributed by atoms with Gasteiger partial charge in [0.2, 0.25) is 0 Å². The molecule has 2 aliphatic carbocycles. The lowest BCUT2D eigenvalue weighted by molar-refractivity contribution is 1.08. The van der Waals surface area contributed by atoms with Gasteiger partial charge < -0.3 is 9.80 Å². The van der Waals surface area contributed by atoms with Gasteiger partial charge in [-0.15, -0.1) is 0 Å². The average molecular weight is 591 g/mol. The molecule has 0 aromatic heterocycles. The molecule has 0 unspecified atom stereocenters. The van der Waals surface area contributed by atoms with E-state index in [1.54, 1.807) is 0 Å². The zero-order valence-corrected chi connectivity index (χ0v) is 25.2. The highest BCUT2D eigenvalue weighted by molar-refractivity contribution is 5.87. The third kappa shape index (κ3) is 5.52. The van der Waals surface area contributed by atoms with Crippen LogP contribution in [0.1, 0.15) is 34.2 Å². The van der Waals surface area contributed by atoms with Crippen molar-refractivity contribution in [3.05, 3.63) is 185 Å². The van der Waals surface area contributed by atoms with Gasteiger partial charge in [-0.1, -0.05) is 72.8 Å². The Morgan fingerprint density at radius 2 is 1.04 bits per heavy atom. The van der Waals surface area contributed by atoms with Crippen LogP contribution in [-0.2, 0) is 6.42 Å². The van der Waals surface area contributed by atoms with Crippen LogP contribution in [0.2, 0.25) is 0 Å². The summed E-state index contributed by atoms with van der Waals surface area (Å²) in [6.45, 7) is 0. The zero-order chi connectivity index (χ0) is 31.3. The Balaban J connectivity index is 1.41. The van der Waals surface area contributed by atoms with Crippen molar-refractivity contribution in [3.8, 4) is 12.1 Å². The molecular formula is C42H30N4. The third-order valence-electron chi connectivity index (χ3n) is 8.38. The molecule has 0 saturated heterocycles. The maximum atomic E-state index is 9.45. The van der Waals surface area contributed by atoms with Crippen LogP contribution in [0.3, 0.4) is 0 Å². The fourth-order valence-electron chi connectivity index (χ4n) is 6.17. The van der Waals surface area contributed by atoms with Gasteiger partial charge >= 0.3 is 0 Å². The molecule has 0 radical (unpaired) electrons. The van der Waals surface area contributed by atoms with Gasteiger partial charge in [-0.05, 0) is 108 Å². The number of rotatable bonds is 6. The van der Waals surface area contributed by atoms with Crippen molar-refractivity contribution in [1.29, 1.82) is 10.5 Å². The predicted octanol–water partition coefficient (Wildman–Crippen LogP) is 10.5. The number of hydrogen-bond acceptors (Lipinski definition) is 4. The Bertz CT molecular complexity index is 2090. The van der Waals surface area contributed by atoms with Crippen LogP contribution >= 0.6 is 0 Å². The van der Waals surface area contributed by atoms with E-state index in [2.05, 4.69) is 119 Å². The monoisotopic (exact) mass is 590 g/mol. The molecule has 4 nitrogen and oxygen atoms in total. The van der Waals surface area contributed by atoms with Crippen LogP contribution in [0, 0.1) is 22.7 Å². The molecule has 7 rings (SSSR count). The van der Waals surface area contributed by atoms with Crippen molar-refractivity contribution in [2.24, 2.45) is 0 Å². The largest absolute Gasteiger partial charge is 0.310 e. The van der Waals surface area contributed by atoms with Crippen LogP contribution < -0.4 is 9.80 Å². The fourth-order valence-corrected chi connectivity index (χ4v) is 6.17. The van der Waals surface area contributed by atoms with E-state index in [4.69, 9.17) is 0 Å². The first-order valence-corrected chi connectivity index (χ1v) is 15.3. The van der Waals surface area contributed by atoms with Gasteiger partial charge in [0.15, 0.2) is 0 Å². The summed E-state index contributed by atoms with van der Waals surface area (Å²) in [5, 5.41) is 18.9. The summed E-state index contributed by atoms with van der Waals surface area (Å²) in [6, 6.07) is 45.3. The normalized spacial score (nSPS) is 16.0. The lowest BCUT2D eigenvalue weighted by Gasteiger charge is -2.32. The summed E-state index contributed by atoms with van der Waals surface area (Å²) >= 11 is 0. The highest BCUT2D eigenvalue weighted by atomic mass is 15.2. The Morgan fingerprint density at radius 3 is 1.65 bits per heavy atom. The van der Waals surface area contributed by atoms with Gasteiger partial charge in [-0.25, -0.2) is 0 Å². The summed E-state index contributed by atoms with van der Waals surface area (Å²) in [5.74, 6) is 0. The second kappa shape index (κ2) is 12.7. The van der Waals surface area contributed by atoms with Gasteiger partial charge in [0.25, 0.3) is 0 Å². The van der Waals surface area contributed by atoms with Gasteiger partial charge in [0.1, 0.15) is 0 Å². The van der Waals surface area contributed by atoms with Crippen molar-refractivity contribution in [2.75, 3.05) is 9.80 Å². The van der Waals surface area contributed by atoms with E-state index < -0.39 is 0 Å². The van der Waals surface area contributed by atoms with Gasteiger partial charge in [-0.2, -0.15) is 10.5 Å². The smallest absolute Gasteiger partial charge is 0.0991 e. The molecule has 0 atom stereocenters. The van der Waals surface area contributed by atoms with Crippen LogP contribution in [0.4, 0.5) is 28.4 Å². The number of allylic oxidation sites excluding steroid dienone is 5. The number of fused-ring (bicyclic) bond motifs is 1. The molecular weight excluding hydrogens is 560 g/mol. The lowest BCUT2D eigenvalue weighted by atomic mass is 9.86. The van der Waals surface area contributed by atoms with E-state index in [0.29, 0.717) is 11.1 Å². The Labute approximate surface area is 270 Å². The molecule has 5 aromatic rings. The maximum Gasteiger partial charge on any atom is 0.0991 e. The number of para-hydroxylation sites is 2. The molecule has 0 N–H and O–H groups in total. The average Bonchev–Trinajstić information content (AvgIpc) is 3.12. The second-order valence-electron chi connectivity index (χ2n) is 11.2. The first kappa shape index (κ1) is 28.4. The standard InChI is InChI=1S/C42H30N4/c43-29-31-16-23-37(24-17-31)45(35-10-4-1-5-11-35)41-15-9-3-8-14-39-40-28-34(41)21-20-33(40)22-27-42(39)46(36-12-6-2-7-13-36)38-25-18-32(30-44)19-26-38/h1-2,4-27H,3,28H2/b14-8-,15-9-,41-34+. The van der Waals surface area contributed by atoms with Gasteiger partial charge in [0.05, 0.1) is 29.0 Å². The molecule has 0 aliphatic heterocycles. The molecule has 0 spiro atoms. The van der Waals surface area contributed by atoms with Gasteiger partial charge in [0, 0.05) is 40.4 Å².